The molecule has 104 valence electrons. The normalized spacial score (nSPS) is 16.9. The number of carbonyl (C=O) groups is 1. The van der Waals surface area contributed by atoms with Crippen molar-refractivity contribution in [3.8, 4) is 0 Å². The Balaban J connectivity index is 2.25. The first-order valence-electron chi connectivity index (χ1n) is 6.82. The number of anilines is 1. The van der Waals surface area contributed by atoms with E-state index in [0.29, 0.717) is 17.2 Å². The van der Waals surface area contributed by atoms with Gasteiger partial charge >= 0.3 is 0 Å². The molecule has 5 heteroatoms. The van der Waals surface area contributed by atoms with Gasteiger partial charge in [0.2, 0.25) is 0 Å². The maximum Gasteiger partial charge on any atom is 0.272 e. The van der Waals surface area contributed by atoms with Gasteiger partial charge in [-0.15, -0.1) is 0 Å². The number of rotatable bonds is 4. The van der Waals surface area contributed by atoms with Crippen LogP contribution >= 0.6 is 0 Å². The highest BCUT2D eigenvalue weighted by molar-refractivity contribution is 5.97. The number of nitrogens with zero attached hydrogens (tertiary/aromatic N) is 2. The van der Waals surface area contributed by atoms with Gasteiger partial charge in [0.25, 0.3) is 5.91 Å². The third-order valence-electron chi connectivity index (χ3n) is 3.68. The Labute approximate surface area is 114 Å². The summed E-state index contributed by atoms with van der Waals surface area (Å²) < 4.78 is 0. The van der Waals surface area contributed by atoms with Crippen molar-refractivity contribution in [1.82, 2.24) is 15.3 Å². The summed E-state index contributed by atoms with van der Waals surface area (Å²) in [7, 11) is 1.77. The van der Waals surface area contributed by atoms with Crippen LogP contribution in [0.3, 0.4) is 0 Å². The van der Waals surface area contributed by atoms with Gasteiger partial charge in [-0.3, -0.25) is 4.79 Å². The average Bonchev–Trinajstić information content (AvgIpc) is 2.35. The second-order valence-electron chi connectivity index (χ2n) is 5.76. The molecule has 2 rings (SSSR count). The van der Waals surface area contributed by atoms with Crippen molar-refractivity contribution in [3.63, 3.8) is 0 Å². The molecule has 1 aromatic heterocycles. The second-order valence-corrected chi connectivity index (χ2v) is 5.76. The second kappa shape index (κ2) is 5.15. The molecule has 1 aromatic rings. The Morgan fingerprint density at radius 2 is 2.11 bits per heavy atom. The summed E-state index contributed by atoms with van der Waals surface area (Å²) in [5.41, 5.74) is 1.05. The molecule has 0 radical (unpaired) electrons. The number of aromatic nitrogens is 2. The van der Waals surface area contributed by atoms with Crippen LogP contribution in [0, 0.1) is 0 Å². The Morgan fingerprint density at radius 3 is 2.58 bits per heavy atom. The van der Waals surface area contributed by atoms with E-state index in [-0.39, 0.29) is 17.4 Å². The van der Waals surface area contributed by atoms with E-state index < -0.39 is 0 Å². The number of nitrogens with one attached hydrogen (secondary N) is 2. The minimum absolute atomic E-state index is 0.0644. The van der Waals surface area contributed by atoms with Gasteiger partial charge in [-0.1, -0.05) is 13.8 Å². The van der Waals surface area contributed by atoms with E-state index in [4.69, 9.17) is 0 Å². The average molecular weight is 262 g/mol. The predicted molar refractivity (Wildman–Crippen MR) is 75.4 cm³/mol. The first-order chi connectivity index (χ1) is 8.95. The standard InChI is InChI=1S/C14H22N4O/c1-9(2)12-16-8-10(15-4)11(17-12)13(19)18-14(3)6-5-7-14/h8-9,15H,5-7H2,1-4H3,(H,18,19). The van der Waals surface area contributed by atoms with Gasteiger partial charge in [0.05, 0.1) is 11.9 Å². The molecule has 1 heterocycles. The summed E-state index contributed by atoms with van der Waals surface area (Å²) in [5.74, 6) is 0.788. The SMILES string of the molecule is CNc1cnc(C(C)C)nc1C(=O)NC1(C)CCC1. The molecule has 0 spiro atoms. The zero-order valence-corrected chi connectivity index (χ0v) is 12.1. The number of hydrogen-bond acceptors (Lipinski definition) is 4. The summed E-state index contributed by atoms with van der Waals surface area (Å²) in [6.45, 7) is 6.12. The van der Waals surface area contributed by atoms with Crippen LogP contribution in [0.25, 0.3) is 0 Å². The molecule has 1 aliphatic rings. The Hall–Kier alpha value is -1.65. The zero-order valence-electron chi connectivity index (χ0n) is 12.1. The highest BCUT2D eigenvalue weighted by Crippen LogP contribution is 2.31. The van der Waals surface area contributed by atoms with Crippen molar-refractivity contribution in [2.75, 3.05) is 12.4 Å². The van der Waals surface area contributed by atoms with E-state index in [1.54, 1.807) is 13.2 Å². The smallest absolute Gasteiger partial charge is 0.272 e. The molecular formula is C14H22N4O. The van der Waals surface area contributed by atoms with Gasteiger partial charge in [-0.25, -0.2) is 9.97 Å². The van der Waals surface area contributed by atoms with Crippen molar-refractivity contribution < 1.29 is 4.79 Å². The van der Waals surface area contributed by atoms with E-state index in [1.165, 1.54) is 6.42 Å². The van der Waals surface area contributed by atoms with Crippen LogP contribution in [0.2, 0.25) is 0 Å². The topological polar surface area (TPSA) is 66.9 Å². The lowest BCUT2D eigenvalue weighted by Gasteiger charge is -2.39. The summed E-state index contributed by atoms with van der Waals surface area (Å²) in [6, 6.07) is 0. The molecule has 0 bridgehead atoms. The Kier molecular flexibility index (Phi) is 3.73. The lowest BCUT2D eigenvalue weighted by Crippen LogP contribution is -2.51. The van der Waals surface area contributed by atoms with Crippen molar-refractivity contribution >= 4 is 11.6 Å². The summed E-state index contributed by atoms with van der Waals surface area (Å²) in [6.07, 6.45) is 4.93. The fourth-order valence-electron chi connectivity index (χ4n) is 2.20. The van der Waals surface area contributed by atoms with Crippen LogP contribution in [0.4, 0.5) is 5.69 Å². The largest absolute Gasteiger partial charge is 0.385 e. The van der Waals surface area contributed by atoms with Crippen LogP contribution in [0.5, 0.6) is 0 Å². The van der Waals surface area contributed by atoms with Crippen LogP contribution in [0.1, 0.15) is 62.3 Å². The molecule has 0 atom stereocenters. The first kappa shape index (κ1) is 13.8. The van der Waals surface area contributed by atoms with Gasteiger partial charge in [0.15, 0.2) is 5.69 Å². The van der Waals surface area contributed by atoms with Crippen LogP contribution < -0.4 is 10.6 Å². The molecule has 19 heavy (non-hydrogen) atoms. The molecule has 1 amide bonds. The molecule has 1 fully saturated rings. The number of carbonyl (C=O) groups excluding carboxylic acids is 1. The number of hydrogen-bond donors (Lipinski definition) is 2. The first-order valence-corrected chi connectivity index (χ1v) is 6.82. The molecule has 1 saturated carbocycles. The van der Waals surface area contributed by atoms with Gasteiger partial charge in [-0.05, 0) is 26.2 Å². The minimum atomic E-state index is -0.115. The van der Waals surface area contributed by atoms with Gasteiger partial charge in [0, 0.05) is 18.5 Å². The Morgan fingerprint density at radius 1 is 1.42 bits per heavy atom. The van der Waals surface area contributed by atoms with E-state index in [9.17, 15) is 4.79 Å². The highest BCUT2D eigenvalue weighted by atomic mass is 16.2. The molecule has 0 aliphatic heterocycles. The zero-order chi connectivity index (χ0) is 14.0. The van der Waals surface area contributed by atoms with Crippen molar-refractivity contribution in [3.05, 3.63) is 17.7 Å². The monoisotopic (exact) mass is 262 g/mol. The van der Waals surface area contributed by atoms with E-state index in [2.05, 4.69) is 27.5 Å². The lowest BCUT2D eigenvalue weighted by molar-refractivity contribution is 0.0845. The van der Waals surface area contributed by atoms with Crippen molar-refractivity contribution in [2.45, 2.75) is 51.5 Å². The maximum atomic E-state index is 12.4. The molecule has 0 aromatic carbocycles. The number of amides is 1. The summed E-state index contributed by atoms with van der Waals surface area (Å²) in [4.78, 5) is 21.0. The molecule has 0 unspecified atom stereocenters. The minimum Gasteiger partial charge on any atom is -0.385 e. The quantitative estimate of drug-likeness (QED) is 0.874. The van der Waals surface area contributed by atoms with Crippen LogP contribution in [-0.2, 0) is 0 Å². The fraction of sp³-hybridized carbons (Fsp3) is 0.643. The van der Waals surface area contributed by atoms with E-state index in [0.717, 1.165) is 12.8 Å². The third kappa shape index (κ3) is 2.85. The van der Waals surface area contributed by atoms with Gasteiger partial charge < -0.3 is 10.6 Å². The van der Waals surface area contributed by atoms with Gasteiger partial charge in [-0.2, -0.15) is 0 Å². The highest BCUT2D eigenvalue weighted by Gasteiger charge is 2.34. The van der Waals surface area contributed by atoms with Crippen molar-refractivity contribution in [2.24, 2.45) is 0 Å². The Bertz CT molecular complexity index is 480. The molecule has 5 nitrogen and oxygen atoms in total. The van der Waals surface area contributed by atoms with Crippen LogP contribution in [-0.4, -0.2) is 28.5 Å². The van der Waals surface area contributed by atoms with Crippen LogP contribution in [0.15, 0.2) is 6.20 Å². The lowest BCUT2D eigenvalue weighted by atomic mass is 9.78. The predicted octanol–water partition coefficient (Wildman–Crippen LogP) is 2.31. The van der Waals surface area contributed by atoms with E-state index >= 15 is 0 Å². The maximum absolute atomic E-state index is 12.4. The molecule has 2 N–H and O–H groups in total. The van der Waals surface area contributed by atoms with Crippen molar-refractivity contribution in [1.29, 1.82) is 0 Å². The third-order valence-corrected chi connectivity index (χ3v) is 3.68. The summed E-state index contributed by atoms with van der Waals surface area (Å²) in [5, 5.41) is 6.06. The molecule has 0 saturated heterocycles. The van der Waals surface area contributed by atoms with Gasteiger partial charge in [0.1, 0.15) is 5.82 Å². The van der Waals surface area contributed by atoms with E-state index in [1.807, 2.05) is 13.8 Å². The summed E-state index contributed by atoms with van der Waals surface area (Å²) >= 11 is 0. The fourth-order valence-corrected chi connectivity index (χ4v) is 2.20. The molecular weight excluding hydrogens is 240 g/mol. The molecule has 1 aliphatic carbocycles.